The molecule has 0 radical (unpaired) electrons. The normalized spacial score (nSPS) is 11.1. The van der Waals surface area contributed by atoms with E-state index >= 15 is 0 Å². The Bertz CT molecular complexity index is 434. The molecule has 21 heavy (non-hydrogen) atoms. The molecule has 0 N–H and O–H groups in total. The Morgan fingerprint density at radius 3 is 1.86 bits per heavy atom. The van der Waals surface area contributed by atoms with E-state index in [1.54, 1.807) is 20.8 Å². The van der Waals surface area contributed by atoms with Crippen molar-refractivity contribution in [2.24, 2.45) is 5.41 Å². The number of hydrogen-bond donors (Lipinski definition) is 0. The second-order valence-corrected chi connectivity index (χ2v) is 5.85. The maximum Gasteiger partial charge on any atom is 0.313 e. The Labute approximate surface area is 125 Å². The molecule has 0 aliphatic carbocycles. The summed E-state index contributed by atoms with van der Waals surface area (Å²) >= 11 is 0. The first kappa shape index (κ1) is 18.9. The minimum absolute atomic E-state index is 0.0989. The van der Waals surface area contributed by atoms with Crippen LogP contribution < -0.4 is 0 Å². The van der Waals surface area contributed by atoms with Crippen molar-refractivity contribution in [1.82, 2.24) is 0 Å². The molecular weight excluding hydrogens is 272 g/mol. The van der Waals surface area contributed by atoms with Crippen molar-refractivity contribution in [1.29, 1.82) is 10.5 Å². The van der Waals surface area contributed by atoms with Crippen LogP contribution in [0.2, 0.25) is 0 Å². The van der Waals surface area contributed by atoms with Crippen LogP contribution in [0.15, 0.2) is 0 Å². The second kappa shape index (κ2) is 8.26. The van der Waals surface area contributed by atoms with Gasteiger partial charge in [-0.05, 0) is 33.6 Å². The molecular formula is C15H22N2O4. The van der Waals surface area contributed by atoms with Gasteiger partial charge >= 0.3 is 11.9 Å². The van der Waals surface area contributed by atoms with E-state index in [0.717, 1.165) is 0 Å². The molecule has 0 fully saturated rings. The second-order valence-electron chi connectivity index (χ2n) is 5.85. The van der Waals surface area contributed by atoms with E-state index in [0.29, 0.717) is 0 Å². The van der Waals surface area contributed by atoms with Crippen LogP contribution >= 0.6 is 0 Å². The van der Waals surface area contributed by atoms with Crippen molar-refractivity contribution in [3.63, 3.8) is 0 Å². The van der Waals surface area contributed by atoms with Gasteiger partial charge in [-0.1, -0.05) is 0 Å². The molecule has 0 unspecified atom stereocenters. The number of ether oxygens (including phenoxy) is 2. The van der Waals surface area contributed by atoms with E-state index in [9.17, 15) is 9.59 Å². The number of carbonyl (C=O) groups excluding carboxylic acids is 2. The van der Waals surface area contributed by atoms with E-state index in [4.69, 9.17) is 15.3 Å². The average molecular weight is 294 g/mol. The van der Waals surface area contributed by atoms with Gasteiger partial charge in [-0.2, -0.15) is 10.5 Å². The molecule has 0 atom stereocenters. The number of nitriles is 2. The van der Waals surface area contributed by atoms with Crippen LogP contribution in [0, 0.1) is 28.1 Å². The van der Waals surface area contributed by atoms with Crippen molar-refractivity contribution in [3.8, 4) is 12.1 Å². The van der Waals surface area contributed by atoms with Gasteiger partial charge in [0.25, 0.3) is 0 Å². The van der Waals surface area contributed by atoms with Crippen LogP contribution in [0.25, 0.3) is 0 Å². The first-order chi connectivity index (χ1) is 9.70. The fraction of sp³-hybridized carbons (Fsp3) is 0.733. The van der Waals surface area contributed by atoms with Gasteiger partial charge in [0.15, 0.2) is 0 Å². The summed E-state index contributed by atoms with van der Waals surface area (Å²) in [6.07, 6.45) is 0.329. The third-order valence-corrected chi connectivity index (χ3v) is 2.97. The zero-order valence-electron chi connectivity index (χ0n) is 13.1. The summed E-state index contributed by atoms with van der Waals surface area (Å²) in [5.74, 6) is -1.12. The van der Waals surface area contributed by atoms with Gasteiger partial charge < -0.3 is 9.47 Å². The predicted octanol–water partition coefficient (Wildman–Crippen LogP) is 2.49. The third-order valence-electron chi connectivity index (χ3n) is 2.97. The van der Waals surface area contributed by atoms with E-state index < -0.39 is 23.0 Å². The fourth-order valence-electron chi connectivity index (χ4n) is 1.90. The maximum absolute atomic E-state index is 12.5. The van der Waals surface area contributed by atoms with Gasteiger partial charge in [0.2, 0.25) is 0 Å². The molecule has 0 saturated carbocycles. The maximum atomic E-state index is 12.5. The number of carbonyl (C=O) groups is 2. The van der Waals surface area contributed by atoms with E-state index in [-0.39, 0.29) is 32.1 Å². The van der Waals surface area contributed by atoms with Gasteiger partial charge in [0, 0.05) is 12.8 Å². The van der Waals surface area contributed by atoms with Crippen LogP contribution in [-0.2, 0) is 19.1 Å². The topological polar surface area (TPSA) is 100 Å². The van der Waals surface area contributed by atoms with Crippen LogP contribution in [0.4, 0.5) is 0 Å². The summed E-state index contributed by atoms with van der Waals surface area (Å²) in [4.78, 5) is 24.1. The Balaban J connectivity index is 5.42. The van der Waals surface area contributed by atoms with E-state index in [2.05, 4.69) is 4.74 Å². The summed E-state index contributed by atoms with van der Waals surface area (Å²) < 4.78 is 10.0. The minimum atomic E-state index is -1.19. The molecule has 0 saturated heterocycles. The standard InChI is InChI=1S/C15H22N2O4/c1-14(2,3)21-13(19)15(7-5-9-16,8-6-10-17)11-12(18)20-4/h5-8,11H2,1-4H3. The molecule has 6 nitrogen and oxygen atoms in total. The van der Waals surface area contributed by atoms with Crippen LogP contribution in [-0.4, -0.2) is 24.6 Å². The Morgan fingerprint density at radius 2 is 1.52 bits per heavy atom. The summed E-state index contributed by atoms with van der Waals surface area (Å²) in [7, 11) is 1.23. The molecule has 0 amide bonds. The summed E-state index contributed by atoms with van der Waals surface area (Å²) in [6.45, 7) is 5.17. The predicted molar refractivity (Wildman–Crippen MR) is 74.6 cm³/mol. The largest absolute Gasteiger partial charge is 0.469 e. The monoisotopic (exact) mass is 294 g/mol. The molecule has 0 spiro atoms. The zero-order chi connectivity index (χ0) is 16.5. The van der Waals surface area contributed by atoms with Crippen molar-refractivity contribution < 1.29 is 19.1 Å². The Morgan fingerprint density at radius 1 is 1.05 bits per heavy atom. The average Bonchev–Trinajstić information content (AvgIpc) is 2.39. The lowest BCUT2D eigenvalue weighted by Gasteiger charge is -2.32. The molecule has 0 bridgehead atoms. The smallest absolute Gasteiger partial charge is 0.313 e. The van der Waals surface area contributed by atoms with Gasteiger partial charge in [0.05, 0.1) is 31.1 Å². The minimum Gasteiger partial charge on any atom is -0.469 e. The molecule has 116 valence electrons. The SMILES string of the molecule is COC(=O)CC(CCC#N)(CCC#N)C(=O)OC(C)(C)C. The molecule has 6 heteroatoms. The molecule has 0 aromatic carbocycles. The van der Waals surface area contributed by atoms with Crippen molar-refractivity contribution in [3.05, 3.63) is 0 Å². The number of nitrogens with zero attached hydrogens (tertiary/aromatic N) is 2. The highest BCUT2D eigenvalue weighted by molar-refractivity contribution is 5.83. The molecule has 0 rings (SSSR count). The lowest BCUT2D eigenvalue weighted by atomic mass is 9.76. The lowest BCUT2D eigenvalue weighted by Crippen LogP contribution is -2.39. The van der Waals surface area contributed by atoms with Gasteiger partial charge in [-0.15, -0.1) is 0 Å². The Kier molecular flexibility index (Phi) is 7.44. The first-order valence-corrected chi connectivity index (χ1v) is 6.75. The van der Waals surface area contributed by atoms with Gasteiger partial charge in [-0.25, -0.2) is 0 Å². The lowest BCUT2D eigenvalue weighted by molar-refractivity contribution is -0.173. The molecule has 0 aliphatic heterocycles. The highest BCUT2D eigenvalue weighted by Crippen LogP contribution is 2.37. The molecule has 0 heterocycles. The molecule has 0 aromatic heterocycles. The fourth-order valence-corrected chi connectivity index (χ4v) is 1.90. The summed E-state index contributed by atoms with van der Waals surface area (Å²) in [6, 6.07) is 3.93. The number of esters is 2. The van der Waals surface area contributed by atoms with Crippen LogP contribution in [0.3, 0.4) is 0 Å². The highest BCUT2D eigenvalue weighted by atomic mass is 16.6. The third kappa shape index (κ3) is 6.76. The first-order valence-electron chi connectivity index (χ1n) is 6.75. The van der Waals surface area contributed by atoms with Gasteiger partial charge in [0.1, 0.15) is 5.60 Å². The van der Waals surface area contributed by atoms with Crippen molar-refractivity contribution >= 4 is 11.9 Å². The molecule has 0 aromatic rings. The van der Waals surface area contributed by atoms with Crippen LogP contribution in [0.5, 0.6) is 0 Å². The highest BCUT2D eigenvalue weighted by Gasteiger charge is 2.43. The van der Waals surface area contributed by atoms with E-state index in [1.165, 1.54) is 7.11 Å². The van der Waals surface area contributed by atoms with Crippen molar-refractivity contribution in [2.75, 3.05) is 7.11 Å². The summed E-state index contributed by atoms with van der Waals surface area (Å²) in [5.41, 5.74) is -1.90. The number of methoxy groups -OCH3 is 1. The van der Waals surface area contributed by atoms with Gasteiger partial charge in [-0.3, -0.25) is 9.59 Å². The van der Waals surface area contributed by atoms with E-state index in [1.807, 2.05) is 12.1 Å². The molecule has 0 aliphatic rings. The number of hydrogen-bond acceptors (Lipinski definition) is 6. The quantitative estimate of drug-likeness (QED) is 0.669. The Hall–Kier alpha value is -2.08. The summed E-state index contributed by atoms with van der Waals surface area (Å²) in [5, 5.41) is 17.6. The zero-order valence-corrected chi connectivity index (χ0v) is 13.1. The van der Waals surface area contributed by atoms with Crippen molar-refractivity contribution in [2.45, 2.75) is 58.5 Å². The number of rotatable bonds is 7. The van der Waals surface area contributed by atoms with Crippen LogP contribution in [0.1, 0.15) is 52.9 Å².